The Morgan fingerprint density at radius 3 is 2.59 bits per heavy atom. The minimum atomic E-state index is 0.0472. The van der Waals surface area contributed by atoms with Crippen molar-refractivity contribution >= 4 is 11.6 Å². The molecule has 0 unspecified atom stereocenters. The average molecular weight is 300 g/mol. The molecule has 0 aliphatic carbocycles. The number of aromatic amines is 1. The van der Waals surface area contributed by atoms with Crippen molar-refractivity contribution in [2.45, 2.75) is 6.92 Å². The van der Waals surface area contributed by atoms with E-state index in [1.54, 1.807) is 13.3 Å². The zero-order valence-corrected chi connectivity index (χ0v) is 12.9. The van der Waals surface area contributed by atoms with Gasteiger partial charge in [0.25, 0.3) is 5.91 Å². The van der Waals surface area contributed by atoms with E-state index in [9.17, 15) is 4.79 Å². The minimum Gasteiger partial charge on any atom is -0.495 e. The van der Waals surface area contributed by atoms with E-state index in [1.807, 2.05) is 30.0 Å². The highest BCUT2D eigenvalue weighted by molar-refractivity contribution is 5.95. The van der Waals surface area contributed by atoms with Crippen LogP contribution >= 0.6 is 0 Å². The van der Waals surface area contributed by atoms with Gasteiger partial charge < -0.3 is 14.5 Å². The summed E-state index contributed by atoms with van der Waals surface area (Å²) in [5, 5.41) is 6.74. The van der Waals surface area contributed by atoms with Crippen LogP contribution in [0.25, 0.3) is 0 Å². The van der Waals surface area contributed by atoms with Crippen molar-refractivity contribution in [3.63, 3.8) is 0 Å². The molecule has 2 heterocycles. The van der Waals surface area contributed by atoms with Crippen LogP contribution in [-0.4, -0.2) is 54.3 Å². The Labute approximate surface area is 129 Å². The van der Waals surface area contributed by atoms with Gasteiger partial charge in [0.05, 0.1) is 24.6 Å². The van der Waals surface area contributed by atoms with Gasteiger partial charge in [-0.05, 0) is 19.1 Å². The highest BCUT2D eigenvalue weighted by Crippen LogP contribution is 2.28. The van der Waals surface area contributed by atoms with Gasteiger partial charge in [-0.25, -0.2) is 0 Å². The second kappa shape index (κ2) is 6.09. The van der Waals surface area contributed by atoms with Crippen molar-refractivity contribution in [2.75, 3.05) is 38.2 Å². The zero-order valence-electron chi connectivity index (χ0n) is 12.9. The second-order valence-electron chi connectivity index (χ2n) is 5.36. The Bertz CT molecular complexity index is 660. The van der Waals surface area contributed by atoms with Crippen LogP contribution in [-0.2, 0) is 0 Å². The molecule has 1 aliphatic heterocycles. The number of ether oxygens (including phenoxy) is 1. The maximum absolute atomic E-state index is 12.5. The molecule has 1 amide bonds. The maximum atomic E-state index is 12.5. The lowest BCUT2D eigenvalue weighted by atomic mass is 10.2. The molecule has 0 radical (unpaired) electrons. The zero-order chi connectivity index (χ0) is 15.5. The smallest absolute Gasteiger partial charge is 0.257 e. The molecule has 22 heavy (non-hydrogen) atoms. The summed E-state index contributed by atoms with van der Waals surface area (Å²) in [5.41, 5.74) is 2.56. The fourth-order valence-electron chi connectivity index (χ4n) is 2.78. The number of hydrogen-bond donors (Lipinski definition) is 1. The van der Waals surface area contributed by atoms with Crippen molar-refractivity contribution < 1.29 is 9.53 Å². The second-order valence-corrected chi connectivity index (χ2v) is 5.36. The number of aromatic nitrogens is 2. The summed E-state index contributed by atoms with van der Waals surface area (Å²) < 4.78 is 5.41. The molecule has 6 heteroatoms. The van der Waals surface area contributed by atoms with E-state index < -0.39 is 0 Å². The lowest BCUT2D eigenvalue weighted by Gasteiger charge is -2.36. The van der Waals surface area contributed by atoms with Crippen molar-refractivity contribution in [2.24, 2.45) is 0 Å². The summed E-state index contributed by atoms with van der Waals surface area (Å²) >= 11 is 0. The number of hydrogen-bond acceptors (Lipinski definition) is 4. The quantitative estimate of drug-likeness (QED) is 0.937. The molecule has 1 aliphatic rings. The first-order valence-electron chi connectivity index (χ1n) is 7.38. The van der Waals surface area contributed by atoms with Gasteiger partial charge in [-0.15, -0.1) is 0 Å². The van der Waals surface area contributed by atoms with Crippen LogP contribution in [0.3, 0.4) is 0 Å². The molecule has 116 valence electrons. The average Bonchev–Trinajstić information content (AvgIpc) is 3.00. The molecular weight excluding hydrogens is 280 g/mol. The number of nitrogens with one attached hydrogen (secondary N) is 1. The monoisotopic (exact) mass is 300 g/mol. The molecule has 2 aromatic rings. The minimum absolute atomic E-state index is 0.0472. The van der Waals surface area contributed by atoms with Gasteiger partial charge in [-0.2, -0.15) is 5.10 Å². The van der Waals surface area contributed by atoms with Crippen LogP contribution < -0.4 is 9.64 Å². The third-order valence-corrected chi connectivity index (χ3v) is 4.05. The van der Waals surface area contributed by atoms with Crippen LogP contribution in [0, 0.1) is 6.92 Å². The molecular formula is C16H20N4O2. The third-order valence-electron chi connectivity index (χ3n) is 4.05. The lowest BCUT2D eigenvalue weighted by Crippen LogP contribution is -2.49. The van der Waals surface area contributed by atoms with E-state index >= 15 is 0 Å². The van der Waals surface area contributed by atoms with Crippen molar-refractivity contribution in [1.29, 1.82) is 0 Å². The van der Waals surface area contributed by atoms with Crippen molar-refractivity contribution in [3.8, 4) is 5.75 Å². The number of rotatable bonds is 3. The molecule has 3 rings (SSSR count). The predicted molar refractivity (Wildman–Crippen MR) is 84.4 cm³/mol. The fourth-order valence-corrected chi connectivity index (χ4v) is 2.78. The molecule has 1 fully saturated rings. The number of para-hydroxylation sites is 2. The van der Waals surface area contributed by atoms with E-state index in [1.165, 1.54) is 0 Å². The molecule has 0 atom stereocenters. The topological polar surface area (TPSA) is 61.5 Å². The van der Waals surface area contributed by atoms with E-state index in [0.29, 0.717) is 18.7 Å². The maximum Gasteiger partial charge on any atom is 0.257 e. The number of carbonyl (C=O) groups excluding carboxylic acids is 1. The number of aryl methyl sites for hydroxylation is 1. The lowest BCUT2D eigenvalue weighted by molar-refractivity contribution is 0.0746. The Kier molecular flexibility index (Phi) is 4.00. The first-order chi connectivity index (χ1) is 10.7. The Hall–Kier alpha value is -2.50. The summed E-state index contributed by atoms with van der Waals surface area (Å²) in [5.74, 6) is 0.916. The van der Waals surface area contributed by atoms with Crippen LogP contribution in [0.2, 0.25) is 0 Å². The van der Waals surface area contributed by atoms with Crippen LogP contribution in [0.15, 0.2) is 30.5 Å². The summed E-state index contributed by atoms with van der Waals surface area (Å²) in [6.45, 7) is 4.85. The number of H-pyrrole nitrogens is 1. The Morgan fingerprint density at radius 1 is 1.23 bits per heavy atom. The fraction of sp³-hybridized carbons (Fsp3) is 0.375. The van der Waals surface area contributed by atoms with Crippen LogP contribution in [0.1, 0.15) is 16.1 Å². The van der Waals surface area contributed by atoms with Gasteiger partial charge in [0, 0.05) is 31.9 Å². The number of benzene rings is 1. The van der Waals surface area contributed by atoms with Crippen LogP contribution in [0.5, 0.6) is 5.75 Å². The molecule has 1 N–H and O–H groups in total. The van der Waals surface area contributed by atoms with E-state index in [-0.39, 0.29) is 5.91 Å². The van der Waals surface area contributed by atoms with Gasteiger partial charge in [0.1, 0.15) is 5.75 Å². The molecule has 0 saturated carbocycles. The van der Waals surface area contributed by atoms with Crippen LogP contribution in [0.4, 0.5) is 5.69 Å². The largest absolute Gasteiger partial charge is 0.495 e. The number of carbonyl (C=O) groups is 1. The number of nitrogens with zero attached hydrogens (tertiary/aromatic N) is 3. The Balaban J connectivity index is 1.68. The normalized spacial score (nSPS) is 15.0. The van der Waals surface area contributed by atoms with Gasteiger partial charge >= 0.3 is 0 Å². The SMILES string of the molecule is COc1ccccc1N1CCN(C(=O)c2cn[nH]c2C)CC1. The number of methoxy groups -OCH3 is 1. The molecule has 0 bridgehead atoms. The molecule has 1 saturated heterocycles. The third kappa shape index (κ3) is 2.64. The predicted octanol–water partition coefficient (Wildman–Crippen LogP) is 1.69. The van der Waals surface area contributed by atoms with Gasteiger partial charge in [-0.3, -0.25) is 9.89 Å². The first kappa shape index (κ1) is 14.4. The first-order valence-corrected chi connectivity index (χ1v) is 7.38. The van der Waals surface area contributed by atoms with Gasteiger partial charge in [-0.1, -0.05) is 12.1 Å². The summed E-state index contributed by atoms with van der Waals surface area (Å²) in [4.78, 5) is 16.6. The Morgan fingerprint density at radius 2 is 1.95 bits per heavy atom. The van der Waals surface area contributed by atoms with E-state index in [2.05, 4.69) is 21.2 Å². The summed E-state index contributed by atoms with van der Waals surface area (Å²) in [6.07, 6.45) is 1.60. The number of amides is 1. The summed E-state index contributed by atoms with van der Waals surface area (Å²) in [7, 11) is 1.68. The molecule has 1 aromatic carbocycles. The van der Waals surface area contributed by atoms with Crippen molar-refractivity contribution in [3.05, 3.63) is 41.7 Å². The highest BCUT2D eigenvalue weighted by Gasteiger charge is 2.25. The van der Waals surface area contributed by atoms with Gasteiger partial charge in [0.2, 0.25) is 0 Å². The van der Waals surface area contributed by atoms with Gasteiger partial charge in [0.15, 0.2) is 0 Å². The standard InChI is InChI=1S/C16H20N4O2/c1-12-13(11-17-18-12)16(21)20-9-7-19(8-10-20)14-5-3-4-6-15(14)22-2/h3-6,11H,7-10H2,1-2H3,(H,17,18). The van der Waals surface area contributed by atoms with Crippen molar-refractivity contribution in [1.82, 2.24) is 15.1 Å². The number of anilines is 1. The molecule has 0 spiro atoms. The molecule has 6 nitrogen and oxygen atoms in total. The highest BCUT2D eigenvalue weighted by atomic mass is 16.5. The van der Waals surface area contributed by atoms with E-state index in [0.717, 1.165) is 30.2 Å². The number of piperazine rings is 1. The summed E-state index contributed by atoms with van der Waals surface area (Å²) in [6, 6.07) is 7.98. The van der Waals surface area contributed by atoms with E-state index in [4.69, 9.17) is 4.74 Å². The molecule has 1 aromatic heterocycles.